The van der Waals surface area contributed by atoms with E-state index in [1.165, 1.54) is 10.1 Å². The lowest BCUT2D eigenvalue weighted by molar-refractivity contribution is 0.614. The molecule has 0 saturated carbocycles. The molecule has 4 aromatic rings. The maximum Gasteiger partial charge on any atom is 0.332 e. The van der Waals surface area contributed by atoms with E-state index in [2.05, 4.69) is 35.9 Å². The molecule has 0 amide bonds. The van der Waals surface area contributed by atoms with E-state index < -0.39 is 5.56 Å². The van der Waals surface area contributed by atoms with Crippen molar-refractivity contribution in [3.63, 3.8) is 0 Å². The minimum atomic E-state index is -0.415. The molecule has 2 aromatic heterocycles. The predicted molar refractivity (Wildman–Crippen MR) is 126 cm³/mol. The van der Waals surface area contributed by atoms with Crippen molar-refractivity contribution in [2.24, 2.45) is 0 Å². The van der Waals surface area contributed by atoms with Gasteiger partial charge in [0.05, 0.1) is 6.54 Å². The molecule has 0 atom stereocenters. The molecule has 6 nitrogen and oxygen atoms in total. The molecule has 0 aliphatic heterocycles. The fraction of sp³-hybridized carbons (Fsp3) is 0.250. The van der Waals surface area contributed by atoms with E-state index in [1.807, 2.05) is 42.5 Å². The Morgan fingerprint density at radius 3 is 2.29 bits per heavy atom. The summed E-state index contributed by atoms with van der Waals surface area (Å²) in [6.07, 6.45) is 0. The summed E-state index contributed by atoms with van der Waals surface area (Å²) in [7, 11) is 0. The van der Waals surface area contributed by atoms with Gasteiger partial charge in [0, 0.05) is 12.1 Å². The van der Waals surface area contributed by atoms with E-state index in [0.29, 0.717) is 23.9 Å². The molecule has 4 rings (SSSR count). The topological polar surface area (TPSA) is 72.7 Å². The molecule has 0 aliphatic rings. The fourth-order valence-electron chi connectivity index (χ4n) is 3.67. The maximum atomic E-state index is 13.2. The van der Waals surface area contributed by atoms with Gasteiger partial charge in [-0.05, 0) is 24.0 Å². The molecule has 31 heavy (non-hydrogen) atoms. The van der Waals surface area contributed by atoms with Crippen LogP contribution in [0.5, 0.6) is 0 Å². The number of benzene rings is 2. The number of rotatable bonds is 5. The summed E-state index contributed by atoms with van der Waals surface area (Å²) in [5.74, 6) is 0.948. The Morgan fingerprint density at radius 2 is 1.68 bits per heavy atom. The first-order chi connectivity index (χ1) is 14.9. The summed E-state index contributed by atoms with van der Waals surface area (Å²) in [5, 5.41) is 0.259. The Labute approximate surface area is 184 Å². The lowest BCUT2D eigenvalue weighted by Crippen LogP contribution is -2.40. The standard InChI is InChI=1S/C24H24N4O2S/c1-4-27-23(29)19-21(28(24(27)30)14-16-8-6-5-7-9-16)25-20(26-22(19)31)18-12-10-17(11-13-18)15(2)3/h5-13,15H,4,14H2,1-3H3,(H,25,26,31). The van der Waals surface area contributed by atoms with Gasteiger partial charge in [0.2, 0.25) is 0 Å². The number of hydrogen-bond acceptors (Lipinski definition) is 4. The van der Waals surface area contributed by atoms with Gasteiger partial charge in [-0.2, -0.15) is 0 Å². The van der Waals surface area contributed by atoms with Crippen molar-refractivity contribution in [2.45, 2.75) is 39.8 Å². The third-order valence-corrected chi connectivity index (χ3v) is 5.74. The normalized spacial score (nSPS) is 11.4. The highest BCUT2D eigenvalue weighted by molar-refractivity contribution is 7.71. The summed E-state index contributed by atoms with van der Waals surface area (Å²) in [5.41, 5.74) is 2.62. The van der Waals surface area contributed by atoms with E-state index in [4.69, 9.17) is 12.2 Å². The molecule has 0 spiro atoms. The van der Waals surface area contributed by atoms with Crippen LogP contribution in [-0.2, 0) is 13.1 Å². The quantitative estimate of drug-likeness (QED) is 0.472. The highest BCUT2D eigenvalue weighted by Crippen LogP contribution is 2.21. The number of fused-ring (bicyclic) bond motifs is 1. The largest absolute Gasteiger partial charge is 0.332 e. The van der Waals surface area contributed by atoms with Gasteiger partial charge in [-0.15, -0.1) is 0 Å². The van der Waals surface area contributed by atoms with Gasteiger partial charge >= 0.3 is 5.69 Å². The van der Waals surface area contributed by atoms with Crippen LogP contribution in [0.2, 0.25) is 0 Å². The summed E-state index contributed by atoms with van der Waals surface area (Å²) in [6, 6.07) is 17.7. The number of aromatic amines is 1. The zero-order valence-corrected chi connectivity index (χ0v) is 18.6. The van der Waals surface area contributed by atoms with Crippen LogP contribution in [-0.4, -0.2) is 19.1 Å². The van der Waals surface area contributed by atoms with Crippen LogP contribution in [0.15, 0.2) is 64.2 Å². The van der Waals surface area contributed by atoms with Crippen LogP contribution in [0.3, 0.4) is 0 Å². The van der Waals surface area contributed by atoms with E-state index in [-0.39, 0.29) is 22.3 Å². The Morgan fingerprint density at radius 1 is 1.00 bits per heavy atom. The van der Waals surface area contributed by atoms with Gasteiger partial charge in [0.15, 0.2) is 0 Å². The molecule has 0 fully saturated rings. The first-order valence-electron chi connectivity index (χ1n) is 10.3. The molecule has 7 heteroatoms. The SMILES string of the molecule is CCn1c(=O)c2c(=S)nc(-c3ccc(C(C)C)cc3)[nH]c2n(Cc2ccccc2)c1=O. The second-order valence-corrected chi connectivity index (χ2v) is 8.18. The molecule has 0 bridgehead atoms. The molecule has 0 unspecified atom stereocenters. The smallest absolute Gasteiger partial charge is 0.325 e. The Balaban J connectivity index is 1.99. The van der Waals surface area contributed by atoms with Crippen LogP contribution in [0.25, 0.3) is 22.4 Å². The fourth-order valence-corrected chi connectivity index (χ4v) is 3.95. The van der Waals surface area contributed by atoms with Crippen LogP contribution < -0.4 is 11.2 Å². The maximum absolute atomic E-state index is 13.2. The molecule has 0 saturated heterocycles. The van der Waals surface area contributed by atoms with E-state index in [9.17, 15) is 9.59 Å². The second kappa shape index (κ2) is 8.43. The van der Waals surface area contributed by atoms with Gasteiger partial charge in [-0.3, -0.25) is 13.9 Å². The monoisotopic (exact) mass is 432 g/mol. The van der Waals surface area contributed by atoms with Crippen molar-refractivity contribution in [3.8, 4) is 11.4 Å². The molecule has 158 valence electrons. The van der Waals surface area contributed by atoms with Gasteiger partial charge in [0.1, 0.15) is 21.5 Å². The summed E-state index contributed by atoms with van der Waals surface area (Å²) in [6.45, 7) is 6.62. The summed E-state index contributed by atoms with van der Waals surface area (Å²) < 4.78 is 2.96. The highest BCUT2D eigenvalue weighted by atomic mass is 32.1. The second-order valence-electron chi connectivity index (χ2n) is 7.79. The number of hydrogen-bond donors (Lipinski definition) is 1. The Bertz CT molecular complexity index is 1420. The van der Waals surface area contributed by atoms with Crippen molar-refractivity contribution in [1.29, 1.82) is 0 Å². The predicted octanol–water partition coefficient (Wildman–Crippen LogP) is 4.47. The molecule has 1 N–H and O–H groups in total. The average molecular weight is 433 g/mol. The minimum Gasteiger partial charge on any atom is -0.325 e. The summed E-state index contributed by atoms with van der Waals surface area (Å²) >= 11 is 5.51. The Kier molecular flexibility index (Phi) is 5.69. The zero-order valence-electron chi connectivity index (χ0n) is 17.8. The molecular formula is C24H24N4O2S. The van der Waals surface area contributed by atoms with Gasteiger partial charge in [-0.25, -0.2) is 9.78 Å². The molecule has 0 aliphatic carbocycles. The van der Waals surface area contributed by atoms with Crippen LogP contribution in [0, 0.1) is 4.64 Å². The average Bonchev–Trinajstić information content (AvgIpc) is 2.77. The van der Waals surface area contributed by atoms with Crippen LogP contribution >= 0.6 is 12.2 Å². The van der Waals surface area contributed by atoms with Crippen molar-refractivity contribution < 1.29 is 0 Å². The molecule has 2 heterocycles. The van der Waals surface area contributed by atoms with Crippen LogP contribution in [0.1, 0.15) is 37.8 Å². The first-order valence-corrected chi connectivity index (χ1v) is 10.7. The van der Waals surface area contributed by atoms with E-state index >= 15 is 0 Å². The highest BCUT2D eigenvalue weighted by Gasteiger charge is 2.17. The Hall–Kier alpha value is -3.32. The summed E-state index contributed by atoms with van der Waals surface area (Å²) in [4.78, 5) is 33.9. The molecule has 2 aromatic carbocycles. The third kappa shape index (κ3) is 3.88. The van der Waals surface area contributed by atoms with Crippen molar-refractivity contribution in [1.82, 2.24) is 19.1 Å². The molecule has 0 radical (unpaired) electrons. The molecular weight excluding hydrogens is 408 g/mol. The minimum absolute atomic E-state index is 0.186. The number of nitrogens with one attached hydrogen (secondary N) is 1. The van der Waals surface area contributed by atoms with Gasteiger partial charge in [0.25, 0.3) is 5.56 Å². The van der Waals surface area contributed by atoms with Gasteiger partial charge in [-0.1, -0.05) is 80.7 Å². The zero-order chi connectivity index (χ0) is 22.1. The van der Waals surface area contributed by atoms with Crippen molar-refractivity contribution in [2.75, 3.05) is 0 Å². The van der Waals surface area contributed by atoms with E-state index in [1.54, 1.807) is 11.5 Å². The van der Waals surface area contributed by atoms with Crippen molar-refractivity contribution >= 4 is 23.3 Å². The lowest BCUT2D eigenvalue weighted by atomic mass is 10.0. The first kappa shape index (κ1) is 20.9. The lowest BCUT2D eigenvalue weighted by Gasteiger charge is -2.14. The number of H-pyrrole nitrogens is 1. The van der Waals surface area contributed by atoms with Gasteiger partial charge < -0.3 is 4.98 Å². The third-order valence-electron chi connectivity index (χ3n) is 5.44. The van der Waals surface area contributed by atoms with Crippen molar-refractivity contribution in [3.05, 3.63) is 91.2 Å². The van der Waals surface area contributed by atoms with Crippen LogP contribution in [0.4, 0.5) is 0 Å². The number of aromatic nitrogens is 4. The number of nitrogens with zero attached hydrogens (tertiary/aromatic N) is 3. The van der Waals surface area contributed by atoms with E-state index in [0.717, 1.165) is 11.1 Å².